The fraction of sp³-hybridized carbons (Fsp3) is 0.595. The number of alkyl carbamates (subject to hydrolysis) is 1. The molecule has 58 heavy (non-hydrogen) atoms. The van der Waals surface area contributed by atoms with Crippen molar-refractivity contribution in [3.63, 3.8) is 0 Å². The summed E-state index contributed by atoms with van der Waals surface area (Å²) in [7, 11) is -5.96. The number of aliphatic hydroxyl groups is 2. The molecule has 2 saturated heterocycles. The highest BCUT2D eigenvalue weighted by molar-refractivity contribution is 7.89. The van der Waals surface area contributed by atoms with E-state index in [1.54, 1.807) is 50.2 Å². The Bertz CT molecular complexity index is 1750. The zero-order valence-electron chi connectivity index (χ0n) is 33.1. The number of hydrogen-bond donors (Lipinski definition) is 5. The summed E-state index contributed by atoms with van der Waals surface area (Å²) in [6, 6.07) is 11.9. The minimum atomic E-state index is -4.03. The molecule has 2 aliphatic heterocycles. The molecule has 0 radical (unpaired) electrons. The summed E-state index contributed by atoms with van der Waals surface area (Å²) in [5, 5.41) is 38.5. The molecule has 1 amide bonds. The SMILES string of the molecule is CCOP(=O)(COc1ccc(CC(NC(=O)OC2CO[C@H]3OCC[C@@H]23)[C@H](O)CN(CC(C)C)S(=O)(=O)c2ccc(OC)cc2)cc1)OCC.O=C(O)C[C@@H](O)C(=O)O. The number of aliphatic hydroxyl groups excluding tert-OH is 2. The van der Waals surface area contributed by atoms with Gasteiger partial charge in [-0.15, -0.1) is 0 Å². The van der Waals surface area contributed by atoms with Gasteiger partial charge in [-0.2, -0.15) is 4.31 Å². The van der Waals surface area contributed by atoms with Crippen molar-refractivity contribution in [3.8, 4) is 11.5 Å². The zero-order chi connectivity index (χ0) is 43.0. The Morgan fingerprint density at radius 3 is 2.10 bits per heavy atom. The second kappa shape index (κ2) is 23.1. The molecule has 326 valence electrons. The van der Waals surface area contributed by atoms with Gasteiger partial charge in [0.15, 0.2) is 18.7 Å². The molecule has 2 unspecified atom stereocenters. The fourth-order valence-electron chi connectivity index (χ4n) is 5.95. The normalized spacial score (nSPS) is 19.4. The van der Waals surface area contributed by atoms with E-state index < -0.39 is 72.7 Å². The molecule has 2 aromatic rings. The lowest BCUT2D eigenvalue weighted by molar-refractivity contribution is -0.152. The molecule has 0 spiro atoms. The smallest absolute Gasteiger partial charge is 0.407 e. The number of methoxy groups -OCH3 is 1. The van der Waals surface area contributed by atoms with Crippen molar-refractivity contribution in [1.29, 1.82) is 0 Å². The van der Waals surface area contributed by atoms with Gasteiger partial charge in [-0.1, -0.05) is 26.0 Å². The molecule has 19 nitrogen and oxygen atoms in total. The van der Waals surface area contributed by atoms with Gasteiger partial charge in [0.05, 0.1) is 62.9 Å². The van der Waals surface area contributed by atoms with Gasteiger partial charge in [0.2, 0.25) is 10.0 Å². The van der Waals surface area contributed by atoms with Crippen LogP contribution in [0.2, 0.25) is 0 Å². The van der Waals surface area contributed by atoms with E-state index in [1.807, 2.05) is 13.8 Å². The number of sulfonamides is 1. The van der Waals surface area contributed by atoms with Gasteiger partial charge in [-0.05, 0) is 74.6 Å². The average Bonchev–Trinajstić information content (AvgIpc) is 3.79. The van der Waals surface area contributed by atoms with Crippen LogP contribution in [0.5, 0.6) is 11.5 Å². The molecule has 0 aliphatic carbocycles. The molecule has 0 saturated carbocycles. The Hall–Kier alpha value is -3.85. The number of amides is 1. The Labute approximate surface area is 338 Å². The molecular formula is C37H55N2O17PS. The van der Waals surface area contributed by atoms with Gasteiger partial charge in [-0.3, -0.25) is 9.36 Å². The predicted octanol–water partition coefficient (Wildman–Crippen LogP) is 3.31. The highest BCUT2D eigenvalue weighted by atomic mass is 32.2. The Balaban J connectivity index is 0.000000891. The van der Waals surface area contributed by atoms with Crippen molar-refractivity contribution in [2.45, 2.75) is 82.5 Å². The molecule has 4 rings (SSSR count). The molecule has 5 N–H and O–H groups in total. The summed E-state index contributed by atoms with van der Waals surface area (Å²) >= 11 is 0. The maximum absolute atomic E-state index is 13.8. The van der Waals surface area contributed by atoms with Crippen LogP contribution in [0.4, 0.5) is 4.79 Å². The van der Waals surface area contributed by atoms with Crippen LogP contribution >= 0.6 is 7.60 Å². The second-order valence-electron chi connectivity index (χ2n) is 13.7. The van der Waals surface area contributed by atoms with E-state index in [1.165, 1.54) is 23.5 Å². The first-order valence-electron chi connectivity index (χ1n) is 18.7. The van der Waals surface area contributed by atoms with Crippen molar-refractivity contribution in [2.24, 2.45) is 11.8 Å². The Morgan fingerprint density at radius 1 is 0.948 bits per heavy atom. The number of rotatable bonds is 22. The fourth-order valence-corrected chi connectivity index (χ4v) is 8.89. The number of aliphatic carboxylic acids is 2. The molecule has 0 aromatic heterocycles. The summed E-state index contributed by atoms with van der Waals surface area (Å²) in [6.07, 6.45) is -5.01. The zero-order valence-corrected chi connectivity index (χ0v) is 34.8. The largest absolute Gasteiger partial charge is 0.497 e. The number of benzene rings is 2. The number of carbonyl (C=O) groups excluding carboxylic acids is 1. The van der Waals surface area contributed by atoms with E-state index in [0.29, 0.717) is 30.1 Å². The number of hydrogen-bond acceptors (Lipinski definition) is 15. The number of fused-ring (bicyclic) bond motifs is 1. The van der Waals surface area contributed by atoms with Gasteiger partial charge < -0.3 is 58.5 Å². The second-order valence-corrected chi connectivity index (χ2v) is 17.6. The van der Waals surface area contributed by atoms with E-state index in [0.717, 1.165) is 0 Å². The lowest BCUT2D eigenvalue weighted by atomic mass is 10.0. The highest BCUT2D eigenvalue weighted by Gasteiger charge is 2.44. The summed E-state index contributed by atoms with van der Waals surface area (Å²) in [5.41, 5.74) is 0.705. The lowest BCUT2D eigenvalue weighted by Gasteiger charge is -2.31. The molecule has 6 atom stereocenters. The van der Waals surface area contributed by atoms with Crippen molar-refractivity contribution in [3.05, 3.63) is 54.1 Å². The third-order valence-corrected chi connectivity index (χ3v) is 12.3. The van der Waals surface area contributed by atoms with Gasteiger partial charge in [-0.25, -0.2) is 18.0 Å². The maximum atomic E-state index is 13.8. The quantitative estimate of drug-likeness (QED) is 0.106. The topological polar surface area (TPSA) is 263 Å². The van der Waals surface area contributed by atoms with Crippen molar-refractivity contribution < 1.29 is 80.5 Å². The first-order valence-corrected chi connectivity index (χ1v) is 21.8. The third-order valence-electron chi connectivity index (χ3n) is 8.74. The number of ether oxygens (including phenoxy) is 5. The lowest BCUT2D eigenvalue weighted by Crippen LogP contribution is -2.51. The Morgan fingerprint density at radius 2 is 1.57 bits per heavy atom. The van der Waals surface area contributed by atoms with Crippen LogP contribution in [-0.2, 0) is 53.9 Å². The number of nitrogens with zero attached hydrogens (tertiary/aromatic N) is 1. The predicted molar refractivity (Wildman–Crippen MR) is 206 cm³/mol. The summed E-state index contributed by atoms with van der Waals surface area (Å²) in [4.78, 5) is 32.7. The molecule has 2 fully saturated rings. The molecule has 2 heterocycles. The average molecular weight is 863 g/mol. The van der Waals surface area contributed by atoms with Crippen LogP contribution < -0.4 is 14.8 Å². The van der Waals surface area contributed by atoms with E-state index in [4.69, 9.17) is 48.1 Å². The van der Waals surface area contributed by atoms with Crippen LogP contribution in [-0.4, -0.2) is 135 Å². The maximum Gasteiger partial charge on any atom is 0.407 e. The van der Waals surface area contributed by atoms with Gasteiger partial charge in [0.1, 0.15) is 17.6 Å². The third kappa shape index (κ3) is 15.1. The van der Waals surface area contributed by atoms with Gasteiger partial charge in [0, 0.05) is 13.1 Å². The van der Waals surface area contributed by atoms with E-state index in [2.05, 4.69) is 5.32 Å². The van der Waals surface area contributed by atoms with Crippen LogP contribution in [0.3, 0.4) is 0 Å². The van der Waals surface area contributed by atoms with E-state index in [-0.39, 0.29) is 62.4 Å². The van der Waals surface area contributed by atoms with E-state index in [9.17, 15) is 32.5 Å². The number of nitrogens with one attached hydrogen (secondary N) is 1. The van der Waals surface area contributed by atoms with Crippen LogP contribution in [0, 0.1) is 11.8 Å². The summed E-state index contributed by atoms with van der Waals surface area (Å²) in [6.45, 7) is 8.14. The van der Waals surface area contributed by atoms with Crippen molar-refractivity contribution in [2.75, 3.05) is 53.0 Å². The molecule has 2 aromatic carbocycles. The minimum Gasteiger partial charge on any atom is -0.497 e. The monoisotopic (exact) mass is 862 g/mol. The molecule has 21 heteroatoms. The standard InChI is InChI=1S/C33H49N2O12PS.C4H6O5/c1-6-45-48(38,46-7-2)22-44-26-10-8-24(9-11-26)18-29(34-33(37)47-31-21-43-32-28(31)16-17-42-32)30(36)20-35(19-23(3)4)49(39,40)27-14-12-25(41-5)13-15-27;5-2(4(8)9)1-3(6)7/h8-15,23,28-32,36H,6-7,16-22H2,1-5H3,(H,34,37);2,5H,1H2,(H,6,7)(H,8,9)/t28-,29?,30+,31?,32+;2-/m01/s1. The molecule has 0 bridgehead atoms. The number of carbonyl (C=O) groups is 3. The summed E-state index contributed by atoms with van der Waals surface area (Å²) < 4.78 is 79.8. The highest BCUT2D eigenvalue weighted by Crippen LogP contribution is 2.47. The van der Waals surface area contributed by atoms with Gasteiger partial charge >= 0.3 is 25.6 Å². The van der Waals surface area contributed by atoms with Crippen molar-refractivity contribution in [1.82, 2.24) is 9.62 Å². The molecular weight excluding hydrogens is 807 g/mol. The summed E-state index contributed by atoms with van der Waals surface area (Å²) in [5.74, 6) is -2.07. The Kier molecular flexibility index (Phi) is 19.3. The van der Waals surface area contributed by atoms with E-state index >= 15 is 0 Å². The number of carboxylic acid groups (broad SMARTS) is 2. The van der Waals surface area contributed by atoms with Crippen LogP contribution in [0.15, 0.2) is 53.4 Å². The molecule has 2 aliphatic rings. The van der Waals surface area contributed by atoms with Crippen LogP contribution in [0.25, 0.3) is 0 Å². The minimum absolute atomic E-state index is 0.0495. The number of carboxylic acids is 2. The first kappa shape index (κ1) is 48.5. The van der Waals surface area contributed by atoms with Gasteiger partial charge in [0.25, 0.3) is 0 Å². The van der Waals surface area contributed by atoms with Crippen molar-refractivity contribution >= 4 is 35.7 Å². The first-order chi connectivity index (χ1) is 27.4. The van der Waals surface area contributed by atoms with Crippen LogP contribution in [0.1, 0.15) is 46.1 Å².